The molecule has 0 spiro atoms. The molecule has 172 valence electrons. The minimum Gasteiger partial charge on any atom is -0.494 e. The number of hydrogen-bond donors (Lipinski definition) is 3. The van der Waals surface area contributed by atoms with Crippen molar-refractivity contribution in [2.24, 2.45) is 5.92 Å². The number of nitrogens with zero attached hydrogens (tertiary/aromatic N) is 1. The smallest absolute Gasteiger partial charge is 0.325 e. The quantitative estimate of drug-likeness (QED) is 0.535. The highest BCUT2D eigenvalue weighted by Gasteiger charge is 2.56. The van der Waals surface area contributed by atoms with Gasteiger partial charge in [0.2, 0.25) is 5.91 Å². The molecule has 2 fully saturated rings. The molecule has 33 heavy (non-hydrogen) atoms. The summed E-state index contributed by atoms with van der Waals surface area (Å²) in [6.07, 6.45) is 1.78. The number of rotatable bonds is 8. The van der Waals surface area contributed by atoms with Crippen LogP contribution in [0.3, 0.4) is 0 Å². The summed E-state index contributed by atoms with van der Waals surface area (Å²) < 4.78 is 5.38. The number of imide groups is 1. The molecule has 1 aliphatic carbocycles. The molecule has 0 radical (unpaired) electrons. The molecule has 2 aliphatic rings. The van der Waals surface area contributed by atoms with Crippen molar-refractivity contribution < 1.29 is 23.9 Å². The largest absolute Gasteiger partial charge is 0.494 e. The number of hydrogen-bond acceptors (Lipinski definition) is 5. The van der Waals surface area contributed by atoms with Gasteiger partial charge in [-0.1, -0.05) is 0 Å². The highest BCUT2D eigenvalue weighted by atomic mass is 16.5. The van der Waals surface area contributed by atoms with Gasteiger partial charge < -0.3 is 20.7 Å². The van der Waals surface area contributed by atoms with Crippen molar-refractivity contribution in [2.75, 3.05) is 23.8 Å². The molecule has 0 bridgehead atoms. The first kappa shape index (κ1) is 22.3. The number of anilines is 2. The van der Waals surface area contributed by atoms with E-state index >= 15 is 0 Å². The van der Waals surface area contributed by atoms with Gasteiger partial charge in [0.15, 0.2) is 0 Å². The van der Waals surface area contributed by atoms with Crippen molar-refractivity contribution in [3.63, 3.8) is 0 Å². The minimum atomic E-state index is -0.921. The second kappa shape index (κ2) is 8.93. The van der Waals surface area contributed by atoms with Gasteiger partial charge >= 0.3 is 6.03 Å². The van der Waals surface area contributed by atoms with Crippen LogP contribution in [-0.4, -0.2) is 47.3 Å². The first-order valence-electron chi connectivity index (χ1n) is 10.9. The molecule has 1 heterocycles. The van der Waals surface area contributed by atoms with Crippen LogP contribution in [0.2, 0.25) is 0 Å². The number of ether oxygens (including phenoxy) is 1. The van der Waals surface area contributed by atoms with Crippen molar-refractivity contribution in [2.45, 2.75) is 32.2 Å². The van der Waals surface area contributed by atoms with Gasteiger partial charge in [0, 0.05) is 16.9 Å². The lowest BCUT2D eigenvalue weighted by atomic mass is 9.96. The van der Waals surface area contributed by atoms with Crippen LogP contribution in [0.4, 0.5) is 16.2 Å². The Balaban J connectivity index is 1.31. The lowest BCUT2D eigenvalue weighted by Crippen LogP contribution is -2.46. The Bertz CT molecular complexity index is 1080. The van der Waals surface area contributed by atoms with Crippen LogP contribution in [0.5, 0.6) is 5.75 Å². The maximum atomic E-state index is 12.6. The summed E-state index contributed by atoms with van der Waals surface area (Å²) in [6, 6.07) is 12.8. The van der Waals surface area contributed by atoms with Crippen LogP contribution in [-0.2, 0) is 9.59 Å². The highest BCUT2D eigenvalue weighted by Crippen LogP contribution is 2.42. The number of nitrogens with one attached hydrogen (secondary N) is 3. The standard InChI is InChI=1S/C24H26N4O5/c1-3-33-19-12-10-18(11-13-19)26-21(30)15-4-8-17(9-5-15)25-20(29)14-28-22(31)24(2,16-6-7-16)27-23(28)32/h4-5,8-13,16H,3,6-7,14H2,1-2H3,(H,25,29)(H,26,30)(H,27,32)/t24-/m0/s1. The number of carbonyl (C=O) groups is 4. The lowest BCUT2D eigenvalue weighted by Gasteiger charge is -2.20. The highest BCUT2D eigenvalue weighted by molar-refractivity contribution is 6.10. The Morgan fingerprint density at radius 3 is 2.24 bits per heavy atom. The Morgan fingerprint density at radius 2 is 1.64 bits per heavy atom. The summed E-state index contributed by atoms with van der Waals surface area (Å²) in [4.78, 5) is 50.7. The monoisotopic (exact) mass is 450 g/mol. The van der Waals surface area contributed by atoms with E-state index in [-0.39, 0.29) is 24.3 Å². The fourth-order valence-electron chi connectivity index (χ4n) is 3.85. The van der Waals surface area contributed by atoms with Crippen molar-refractivity contribution in [3.05, 3.63) is 54.1 Å². The second-order valence-electron chi connectivity index (χ2n) is 8.34. The predicted molar refractivity (Wildman–Crippen MR) is 122 cm³/mol. The number of carbonyl (C=O) groups excluding carboxylic acids is 4. The van der Waals surface area contributed by atoms with E-state index in [2.05, 4.69) is 16.0 Å². The molecular formula is C24H26N4O5. The van der Waals surface area contributed by atoms with Gasteiger partial charge in [-0.3, -0.25) is 19.3 Å². The van der Waals surface area contributed by atoms with E-state index in [1.807, 2.05) is 6.92 Å². The molecule has 9 heteroatoms. The third-order valence-corrected chi connectivity index (χ3v) is 5.85. The summed E-state index contributed by atoms with van der Waals surface area (Å²) in [5, 5.41) is 8.17. The zero-order chi connectivity index (χ0) is 23.6. The van der Waals surface area contributed by atoms with Crippen LogP contribution in [0.15, 0.2) is 48.5 Å². The Hall–Kier alpha value is -3.88. The average molecular weight is 450 g/mol. The molecule has 5 amide bonds. The van der Waals surface area contributed by atoms with Gasteiger partial charge in [-0.25, -0.2) is 4.79 Å². The summed E-state index contributed by atoms with van der Waals surface area (Å²) in [5.74, 6) is -0.309. The molecule has 1 aliphatic heterocycles. The fourth-order valence-corrected chi connectivity index (χ4v) is 3.85. The molecule has 0 unspecified atom stereocenters. The number of urea groups is 1. The van der Waals surface area contributed by atoms with Crippen LogP contribution >= 0.6 is 0 Å². The maximum absolute atomic E-state index is 12.6. The van der Waals surface area contributed by atoms with E-state index in [1.165, 1.54) is 0 Å². The van der Waals surface area contributed by atoms with Gasteiger partial charge in [0.1, 0.15) is 17.8 Å². The molecule has 1 saturated heterocycles. The maximum Gasteiger partial charge on any atom is 0.325 e. The summed E-state index contributed by atoms with van der Waals surface area (Å²) >= 11 is 0. The lowest BCUT2D eigenvalue weighted by molar-refractivity contribution is -0.134. The summed E-state index contributed by atoms with van der Waals surface area (Å²) in [7, 11) is 0. The Kier molecular flexibility index (Phi) is 6.04. The Labute approximate surface area is 191 Å². The normalized spacial score (nSPS) is 19.8. The first-order chi connectivity index (χ1) is 15.8. The molecule has 2 aromatic rings. The molecule has 2 aromatic carbocycles. The van der Waals surface area contributed by atoms with Gasteiger partial charge in [-0.15, -0.1) is 0 Å². The van der Waals surface area contributed by atoms with E-state index in [1.54, 1.807) is 55.5 Å². The average Bonchev–Trinajstić information content (AvgIpc) is 3.62. The second-order valence-corrected chi connectivity index (χ2v) is 8.34. The zero-order valence-corrected chi connectivity index (χ0v) is 18.5. The number of benzene rings is 2. The van der Waals surface area contributed by atoms with Crippen LogP contribution in [0, 0.1) is 5.92 Å². The number of amides is 5. The van der Waals surface area contributed by atoms with Gasteiger partial charge in [-0.05, 0) is 81.1 Å². The van der Waals surface area contributed by atoms with Crippen molar-refractivity contribution >= 4 is 35.1 Å². The van der Waals surface area contributed by atoms with Crippen molar-refractivity contribution in [3.8, 4) is 5.75 Å². The molecule has 1 saturated carbocycles. The van der Waals surface area contributed by atoms with E-state index in [0.717, 1.165) is 23.5 Å². The van der Waals surface area contributed by atoms with E-state index in [4.69, 9.17) is 4.74 Å². The third-order valence-electron chi connectivity index (χ3n) is 5.85. The first-order valence-corrected chi connectivity index (χ1v) is 10.9. The van der Waals surface area contributed by atoms with Gasteiger partial charge in [0.25, 0.3) is 11.8 Å². The van der Waals surface area contributed by atoms with Crippen LogP contribution in [0.25, 0.3) is 0 Å². The molecule has 0 aromatic heterocycles. The molecule has 4 rings (SSSR count). The topological polar surface area (TPSA) is 117 Å². The van der Waals surface area contributed by atoms with E-state index in [0.29, 0.717) is 23.5 Å². The Morgan fingerprint density at radius 1 is 1.03 bits per heavy atom. The fraction of sp³-hybridized carbons (Fsp3) is 0.333. The van der Waals surface area contributed by atoms with Crippen molar-refractivity contribution in [1.29, 1.82) is 0 Å². The van der Waals surface area contributed by atoms with Crippen molar-refractivity contribution in [1.82, 2.24) is 10.2 Å². The molecule has 3 N–H and O–H groups in total. The van der Waals surface area contributed by atoms with Crippen LogP contribution < -0.4 is 20.7 Å². The zero-order valence-electron chi connectivity index (χ0n) is 18.5. The predicted octanol–water partition coefficient (Wildman–Crippen LogP) is 3.00. The minimum absolute atomic E-state index is 0.128. The van der Waals surface area contributed by atoms with Crippen LogP contribution in [0.1, 0.15) is 37.0 Å². The third kappa shape index (κ3) is 4.82. The molecule has 1 atom stereocenters. The summed E-state index contributed by atoms with van der Waals surface area (Å²) in [5.41, 5.74) is 0.578. The van der Waals surface area contributed by atoms with E-state index in [9.17, 15) is 19.2 Å². The SMILES string of the molecule is CCOc1ccc(NC(=O)c2ccc(NC(=O)CN3C(=O)N[C@@](C)(C4CC4)C3=O)cc2)cc1. The molecule has 9 nitrogen and oxygen atoms in total. The van der Waals surface area contributed by atoms with E-state index < -0.39 is 17.5 Å². The molecular weight excluding hydrogens is 424 g/mol. The van der Waals surface area contributed by atoms with Gasteiger partial charge in [-0.2, -0.15) is 0 Å². The summed E-state index contributed by atoms with van der Waals surface area (Å²) in [6.45, 7) is 3.80. The van der Waals surface area contributed by atoms with Gasteiger partial charge in [0.05, 0.1) is 6.61 Å².